The first-order valence-electron chi connectivity index (χ1n) is 5.48. The van der Waals surface area contributed by atoms with E-state index in [2.05, 4.69) is 9.82 Å². The Morgan fingerprint density at radius 1 is 1.40 bits per heavy atom. The van der Waals surface area contributed by atoms with Crippen LogP contribution in [0.4, 0.5) is 15.9 Å². The third kappa shape index (κ3) is 2.70. The number of sulfonamides is 1. The summed E-state index contributed by atoms with van der Waals surface area (Å²) < 4.78 is 41.8. The van der Waals surface area contributed by atoms with E-state index in [1.807, 2.05) is 0 Å². The average molecular weight is 319 g/mol. The van der Waals surface area contributed by atoms with Crippen LogP contribution in [0.15, 0.2) is 23.1 Å². The Bertz CT molecular complexity index is 773. The third-order valence-corrected chi connectivity index (χ3v) is 4.18. The zero-order chi connectivity index (χ0) is 15.1. The molecule has 0 spiro atoms. The summed E-state index contributed by atoms with van der Waals surface area (Å²) in [7, 11) is -2.59. The average Bonchev–Trinajstić information content (AvgIpc) is 2.61. The van der Waals surface area contributed by atoms with Gasteiger partial charge in [-0.3, -0.25) is 9.40 Å². The fourth-order valence-corrected chi connectivity index (χ4v) is 3.18. The Kier molecular flexibility index (Phi) is 3.61. The van der Waals surface area contributed by atoms with Gasteiger partial charge in [0.2, 0.25) is 0 Å². The number of anilines is 2. The molecule has 1 aromatic heterocycles. The van der Waals surface area contributed by atoms with Crippen molar-refractivity contribution in [1.29, 1.82) is 0 Å². The summed E-state index contributed by atoms with van der Waals surface area (Å²) in [5.74, 6) is -0.840. The fourth-order valence-electron chi connectivity index (χ4n) is 1.68. The summed E-state index contributed by atoms with van der Waals surface area (Å²) in [4.78, 5) is -0.610. The second-order valence-corrected chi connectivity index (χ2v) is 6.27. The van der Waals surface area contributed by atoms with Crippen molar-refractivity contribution in [3.05, 3.63) is 34.7 Å². The van der Waals surface area contributed by atoms with Gasteiger partial charge in [-0.1, -0.05) is 11.6 Å². The molecule has 0 atom stereocenters. The molecule has 2 aromatic rings. The summed E-state index contributed by atoms with van der Waals surface area (Å²) >= 11 is 5.60. The van der Waals surface area contributed by atoms with Crippen LogP contribution in [-0.2, 0) is 17.1 Å². The first-order valence-corrected chi connectivity index (χ1v) is 7.35. The largest absolute Gasteiger partial charge is 0.399 e. The van der Waals surface area contributed by atoms with Crippen LogP contribution in [0.5, 0.6) is 0 Å². The molecule has 6 nitrogen and oxygen atoms in total. The number of halogens is 2. The molecule has 9 heteroatoms. The van der Waals surface area contributed by atoms with Gasteiger partial charge in [-0.15, -0.1) is 0 Å². The number of aromatic nitrogens is 2. The molecule has 0 unspecified atom stereocenters. The third-order valence-electron chi connectivity index (χ3n) is 2.55. The molecule has 1 aromatic carbocycles. The molecule has 2 rings (SSSR count). The van der Waals surface area contributed by atoms with Crippen LogP contribution < -0.4 is 10.5 Å². The Morgan fingerprint density at radius 2 is 2.05 bits per heavy atom. The van der Waals surface area contributed by atoms with Gasteiger partial charge in [-0.25, -0.2) is 12.8 Å². The molecule has 108 valence electrons. The molecule has 0 aliphatic carbocycles. The molecule has 0 radical (unpaired) electrons. The number of aryl methyl sites for hydroxylation is 2. The van der Waals surface area contributed by atoms with E-state index in [1.54, 1.807) is 14.0 Å². The van der Waals surface area contributed by atoms with E-state index in [4.69, 9.17) is 17.3 Å². The minimum atomic E-state index is -4.15. The number of hydrogen-bond donors (Lipinski definition) is 2. The molecule has 0 saturated carbocycles. The van der Waals surface area contributed by atoms with Crippen molar-refractivity contribution in [3.63, 3.8) is 0 Å². The Balaban J connectivity index is 2.49. The van der Waals surface area contributed by atoms with Gasteiger partial charge < -0.3 is 5.73 Å². The zero-order valence-corrected chi connectivity index (χ0v) is 12.3. The lowest BCUT2D eigenvalue weighted by molar-refractivity contribution is 0.570. The molecule has 0 bridgehead atoms. The second kappa shape index (κ2) is 4.95. The highest BCUT2D eigenvalue weighted by Crippen LogP contribution is 2.27. The second-order valence-electron chi connectivity index (χ2n) is 4.21. The SMILES string of the molecule is Cc1cc(NS(=O)(=O)c2cc(N)cc(Cl)c2F)n(C)n1. The van der Waals surface area contributed by atoms with E-state index >= 15 is 0 Å². The highest BCUT2D eigenvalue weighted by atomic mass is 35.5. The van der Waals surface area contributed by atoms with Gasteiger partial charge in [0.05, 0.1) is 10.7 Å². The van der Waals surface area contributed by atoms with E-state index in [0.717, 1.165) is 12.1 Å². The summed E-state index contributed by atoms with van der Waals surface area (Å²) in [6.07, 6.45) is 0. The van der Waals surface area contributed by atoms with Crippen molar-refractivity contribution in [2.24, 2.45) is 7.05 Å². The van der Waals surface area contributed by atoms with Crippen molar-refractivity contribution in [1.82, 2.24) is 9.78 Å². The lowest BCUT2D eigenvalue weighted by Gasteiger charge is -2.10. The van der Waals surface area contributed by atoms with E-state index in [0.29, 0.717) is 5.69 Å². The lowest BCUT2D eigenvalue weighted by atomic mass is 10.3. The first kappa shape index (κ1) is 14.6. The molecule has 1 heterocycles. The molecular formula is C11H12ClFN4O2S. The summed E-state index contributed by atoms with van der Waals surface area (Å²) in [6.45, 7) is 1.70. The zero-order valence-electron chi connectivity index (χ0n) is 10.7. The summed E-state index contributed by atoms with van der Waals surface area (Å²) in [5.41, 5.74) is 6.17. The van der Waals surface area contributed by atoms with Gasteiger partial charge in [0.15, 0.2) is 5.82 Å². The molecule has 0 aliphatic heterocycles. The number of nitrogens with zero attached hydrogens (tertiary/aromatic N) is 2. The van der Waals surface area contributed by atoms with Gasteiger partial charge in [-0.2, -0.15) is 5.10 Å². The van der Waals surface area contributed by atoms with Crippen LogP contribution in [0.1, 0.15) is 5.69 Å². The van der Waals surface area contributed by atoms with Crippen molar-refractivity contribution >= 4 is 33.1 Å². The van der Waals surface area contributed by atoms with Crippen LogP contribution in [0.2, 0.25) is 5.02 Å². The predicted molar refractivity (Wildman–Crippen MR) is 74.6 cm³/mol. The smallest absolute Gasteiger partial charge is 0.266 e. The number of benzene rings is 1. The van der Waals surface area contributed by atoms with Gasteiger partial charge in [-0.05, 0) is 19.1 Å². The molecule has 0 fully saturated rings. The normalized spacial score (nSPS) is 11.6. The molecule has 0 amide bonds. The number of nitrogen functional groups attached to an aromatic ring is 1. The van der Waals surface area contributed by atoms with E-state index in [1.165, 1.54) is 10.7 Å². The standard InChI is InChI=1S/C11H12ClFN4O2S/c1-6-3-10(17(2)15-6)16-20(18,19)9-5-7(14)4-8(12)11(9)13/h3-5,16H,14H2,1-2H3. The van der Waals surface area contributed by atoms with Crippen molar-refractivity contribution < 1.29 is 12.8 Å². The fraction of sp³-hybridized carbons (Fsp3) is 0.182. The highest BCUT2D eigenvalue weighted by molar-refractivity contribution is 7.92. The molecular weight excluding hydrogens is 307 g/mol. The maximum atomic E-state index is 13.9. The highest BCUT2D eigenvalue weighted by Gasteiger charge is 2.23. The maximum absolute atomic E-state index is 13.9. The van der Waals surface area contributed by atoms with Crippen LogP contribution in [0.3, 0.4) is 0 Å². The topological polar surface area (TPSA) is 90.0 Å². The van der Waals surface area contributed by atoms with Crippen LogP contribution in [-0.4, -0.2) is 18.2 Å². The molecule has 0 aliphatic rings. The summed E-state index contributed by atoms with van der Waals surface area (Å²) in [6, 6.07) is 3.67. The predicted octanol–water partition coefficient (Wildman–Crippen LogP) is 1.90. The summed E-state index contributed by atoms with van der Waals surface area (Å²) in [5, 5.41) is 3.64. The number of nitrogens with one attached hydrogen (secondary N) is 1. The lowest BCUT2D eigenvalue weighted by Crippen LogP contribution is -2.17. The first-order chi connectivity index (χ1) is 9.20. The molecule has 20 heavy (non-hydrogen) atoms. The van der Waals surface area contributed by atoms with Crippen LogP contribution in [0, 0.1) is 12.7 Å². The monoisotopic (exact) mass is 318 g/mol. The van der Waals surface area contributed by atoms with Gasteiger partial charge >= 0.3 is 0 Å². The minimum absolute atomic E-state index is 0.0537. The van der Waals surface area contributed by atoms with Crippen LogP contribution in [0.25, 0.3) is 0 Å². The van der Waals surface area contributed by atoms with E-state index < -0.39 is 20.7 Å². The van der Waals surface area contributed by atoms with Gasteiger partial charge in [0.1, 0.15) is 10.7 Å². The van der Waals surface area contributed by atoms with Crippen molar-refractivity contribution in [2.75, 3.05) is 10.5 Å². The van der Waals surface area contributed by atoms with Crippen LogP contribution >= 0.6 is 11.6 Å². The Labute approximate surface area is 120 Å². The quantitative estimate of drug-likeness (QED) is 0.846. The van der Waals surface area contributed by atoms with E-state index in [-0.39, 0.29) is 16.5 Å². The van der Waals surface area contributed by atoms with Crippen molar-refractivity contribution in [3.8, 4) is 0 Å². The van der Waals surface area contributed by atoms with E-state index in [9.17, 15) is 12.8 Å². The Hall–Kier alpha value is -1.80. The van der Waals surface area contributed by atoms with Crippen molar-refractivity contribution in [2.45, 2.75) is 11.8 Å². The number of hydrogen-bond acceptors (Lipinski definition) is 4. The maximum Gasteiger partial charge on any atom is 0.266 e. The Morgan fingerprint density at radius 3 is 2.60 bits per heavy atom. The van der Waals surface area contributed by atoms with Gasteiger partial charge in [0.25, 0.3) is 10.0 Å². The number of rotatable bonds is 3. The number of nitrogens with two attached hydrogens (primary N) is 1. The molecule has 0 saturated heterocycles. The minimum Gasteiger partial charge on any atom is -0.399 e. The molecule has 3 N–H and O–H groups in total. The van der Waals surface area contributed by atoms with Gasteiger partial charge in [0, 0.05) is 18.8 Å².